The number of hydrogen-bond acceptors (Lipinski definition) is 2. The lowest BCUT2D eigenvalue weighted by molar-refractivity contribution is 0.0981. The lowest BCUT2D eigenvalue weighted by Gasteiger charge is -2.23. The summed E-state index contributed by atoms with van der Waals surface area (Å²) in [6.45, 7) is 2.11. The average Bonchev–Trinajstić information content (AvgIpc) is 2.83. The highest BCUT2D eigenvalue weighted by Crippen LogP contribution is 2.33. The summed E-state index contributed by atoms with van der Waals surface area (Å²) < 4.78 is 0. The zero-order valence-corrected chi connectivity index (χ0v) is 13.2. The quantitative estimate of drug-likeness (QED) is 0.848. The lowest BCUT2D eigenvalue weighted by Crippen LogP contribution is -2.35. The highest BCUT2D eigenvalue weighted by atomic mass is 32.2. The second-order valence-corrected chi connectivity index (χ2v) is 6.35. The maximum Gasteiger partial charge on any atom is 0.258 e. The smallest absolute Gasteiger partial charge is 0.258 e. The zero-order valence-electron chi connectivity index (χ0n) is 12.4. The van der Waals surface area contributed by atoms with Gasteiger partial charge in [-0.1, -0.05) is 30.3 Å². The van der Waals surface area contributed by atoms with Gasteiger partial charge in [0.1, 0.15) is 0 Å². The molecule has 1 atom stereocenters. The van der Waals surface area contributed by atoms with E-state index in [0.29, 0.717) is 0 Å². The van der Waals surface area contributed by atoms with Gasteiger partial charge in [0.05, 0.1) is 0 Å². The lowest BCUT2D eigenvalue weighted by atomic mass is 10.1. The Kier molecular flexibility index (Phi) is 4.02. The Balaban J connectivity index is 1.88. The molecule has 1 unspecified atom stereocenters. The van der Waals surface area contributed by atoms with Gasteiger partial charge in [0.2, 0.25) is 0 Å². The number of benzene rings is 2. The van der Waals surface area contributed by atoms with E-state index in [4.69, 9.17) is 0 Å². The number of nitrogens with zero attached hydrogens (tertiary/aromatic N) is 1. The predicted molar refractivity (Wildman–Crippen MR) is 90.1 cm³/mol. The molecule has 0 N–H and O–H groups in total. The first-order valence-electron chi connectivity index (χ1n) is 7.20. The summed E-state index contributed by atoms with van der Waals surface area (Å²) in [5.41, 5.74) is 4.35. The van der Waals surface area contributed by atoms with Gasteiger partial charge in [-0.25, -0.2) is 0 Å². The minimum Gasteiger partial charge on any atom is -0.305 e. The second-order valence-electron chi connectivity index (χ2n) is 5.49. The van der Waals surface area contributed by atoms with Crippen molar-refractivity contribution in [3.8, 4) is 0 Å². The molecule has 3 heteroatoms. The number of carbonyl (C=O) groups is 1. The third-order valence-corrected chi connectivity index (χ3v) is 4.56. The second kappa shape index (κ2) is 5.94. The summed E-state index contributed by atoms with van der Waals surface area (Å²) >= 11 is 1.79. The Morgan fingerprint density at radius 2 is 1.90 bits per heavy atom. The Morgan fingerprint density at radius 3 is 2.62 bits per heavy atom. The van der Waals surface area contributed by atoms with Gasteiger partial charge in [0.15, 0.2) is 0 Å². The molecular formula is C18H19NOS. The van der Waals surface area contributed by atoms with Crippen LogP contribution in [-0.2, 0) is 12.2 Å². The first-order chi connectivity index (χ1) is 10.2. The van der Waals surface area contributed by atoms with Crippen molar-refractivity contribution in [1.82, 2.24) is 0 Å². The number of thioether (sulfide) groups is 1. The van der Waals surface area contributed by atoms with Crippen molar-refractivity contribution >= 4 is 23.4 Å². The van der Waals surface area contributed by atoms with E-state index in [1.165, 1.54) is 11.1 Å². The first-order valence-corrected chi connectivity index (χ1v) is 8.59. The molecule has 0 aliphatic carbocycles. The third-order valence-electron chi connectivity index (χ3n) is 3.94. The molecule has 1 aliphatic heterocycles. The Hall–Kier alpha value is -1.74. The summed E-state index contributed by atoms with van der Waals surface area (Å²) in [5.74, 6) is 1.08. The number of fused-ring (bicyclic) bond motifs is 1. The number of carbonyl (C=O) groups excluding carboxylic acids is 1. The maximum absolute atomic E-state index is 12.8. The fraction of sp³-hybridized carbons (Fsp3) is 0.278. The van der Waals surface area contributed by atoms with Crippen molar-refractivity contribution in [3.63, 3.8) is 0 Å². The molecule has 1 heterocycles. The molecule has 0 fully saturated rings. The molecule has 2 aromatic rings. The summed E-state index contributed by atoms with van der Waals surface area (Å²) in [6, 6.07) is 16.4. The summed E-state index contributed by atoms with van der Waals surface area (Å²) in [6.07, 6.45) is 3.02. The van der Waals surface area contributed by atoms with E-state index < -0.39 is 0 Å². The number of amides is 1. The Labute approximate surface area is 130 Å². The van der Waals surface area contributed by atoms with Crippen LogP contribution in [0.5, 0.6) is 0 Å². The van der Waals surface area contributed by atoms with E-state index in [0.717, 1.165) is 23.4 Å². The molecule has 2 aromatic carbocycles. The van der Waals surface area contributed by atoms with E-state index in [2.05, 4.69) is 31.4 Å². The Morgan fingerprint density at radius 1 is 1.19 bits per heavy atom. The molecule has 0 radical (unpaired) electrons. The molecule has 2 nitrogen and oxygen atoms in total. The molecule has 0 bridgehead atoms. The molecule has 21 heavy (non-hydrogen) atoms. The number of anilines is 1. The van der Waals surface area contributed by atoms with Crippen molar-refractivity contribution in [1.29, 1.82) is 0 Å². The highest BCUT2D eigenvalue weighted by molar-refractivity contribution is 7.97. The van der Waals surface area contributed by atoms with Crippen molar-refractivity contribution in [2.45, 2.75) is 25.1 Å². The number of hydrogen-bond donors (Lipinski definition) is 0. The monoisotopic (exact) mass is 297 g/mol. The molecular weight excluding hydrogens is 278 g/mol. The average molecular weight is 297 g/mol. The van der Waals surface area contributed by atoms with E-state index in [1.54, 1.807) is 11.8 Å². The highest BCUT2D eigenvalue weighted by Gasteiger charge is 2.30. The molecule has 1 amide bonds. The van der Waals surface area contributed by atoms with Gasteiger partial charge in [0.25, 0.3) is 5.91 Å². The fourth-order valence-electron chi connectivity index (χ4n) is 2.92. The van der Waals surface area contributed by atoms with Crippen molar-refractivity contribution in [2.24, 2.45) is 0 Å². The van der Waals surface area contributed by atoms with Gasteiger partial charge >= 0.3 is 0 Å². The largest absolute Gasteiger partial charge is 0.305 e. The normalized spacial score (nSPS) is 16.9. The zero-order chi connectivity index (χ0) is 14.8. The molecule has 0 spiro atoms. The van der Waals surface area contributed by atoms with Crippen LogP contribution in [0.25, 0.3) is 0 Å². The molecule has 0 saturated carbocycles. The van der Waals surface area contributed by atoms with Gasteiger partial charge < -0.3 is 4.90 Å². The van der Waals surface area contributed by atoms with Gasteiger partial charge in [-0.3, -0.25) is 4.79 Å². The molecule has 0 aromatic heterocycles. The van der Waals surface area contributed by atoms with Crippen LogP contribution in [0.15, 0.2) is 48.5 Å². The summed E-state index contributed by atoms with van der Waals surface area (Å²) in [7, 11) is 0. The van der Waals surface area contributed by atoms with Crippen LogP contribution < -0.4 is 4.90 Å². The SMILES string of the molecule is CSCc1ccc(C(=O)N2c3ccccc3CC2C)cc1. The van der Waals surface area contributed by atoms with Gasteiger partial charge in [-0.15, -0.1) is 0 Å². The standard InChI is InChI=1S/C18H19NOS/c1-13-11-16-5-3-4-6-17(16)19(13)18(20)15-9-7-14(8-10-15)12-21-2/h3-10,13H,11-12H2,1-2H3. The maximum atomic E-state index is 12.8. The van der Waals surface area contributed by atoms with Crippen LogP contribution in [-0.4, -0.2) is 18.2 Å². The van der Waals surface area contributed by atoms with Crippen LogP contribution in [0.2, 0.25) is 0 Å². The van der Waals surface area contributed by atoms with E-state index in [9.17, 15) is 4.79 Å². The van der Waals surface area contributed by atoms with Crippen LogP contribution in [0.1, 0.15) is 28.4 Å². The van der Waals surface area contributed by atoms with Crippen molar-refractivity contribution < 1.29 is 4.79 Å². The van der Waals surface area contributed by atoms with Crippen LogP contribution in [0.4, 0.5) is 5.69 Å². The Bertz CT molecular complexity index is 651. The summed E-state index contributed by atoms with van der Waals surface area (Å²) in [5, 5.41) is 0. The molecule has 0 saturated heterocycles. The van der Waals surface area contributed by atoms with Crippen LogP contribution in [0, 0.1) is 0 Å². The molecule has 3 rings (SSSR count). The van der Waals surface area contributed by atoms with E-state index in [1.807, 2.05) is 35.2 Å². The fourth-order valence-corrected chi connectivity index (χ4v) is 3.45. The van der Waals surface area contributed by atoms with Crippen molar-refractivity contribution in [2.75, 3.05) is 11.2 Å². The van der Waals surface area contributed by atoms with Gasteiger partial charge in [-0.05, 0) is 48.9 Å². The number of rotatable bonds is 3. The van der Waals surface area contributed by atoms with Gasteiger partial charge in [-0.2, -0.15) is 11.8 Å². The van der Waals surface area contributed by atoms with E-state index in [-0.39, 0.29) is 11.9 Å². The predicted octanol–water partition coefficient (Wildman–Crippen LogP) is 4.14. The molecule has 108 valence electrons. The number of para-hydroxylation sites is 1. The topological polar surface area (TPSA) is 20.3 Å². The third kappa shape index (κ3) is 2.70. The summed E-state index contributed by atoms with van der Waals surface area (Å²) in [4.78, 5) is 14.7. The first kappa shape index (κ1) is 14.2. The van der Waals surface area contributed by atoms with Crippen molar-refractivity contribution in [3.05, 3.63) is 65.2 Å². The minimum absolute atomic E-state index is 0.100. The molecule has 1 aliphatic rings. The minimum atomic E-state index is 0.100. The van der Waals surface area contributed by atoms with Crippen LogP contribution >= 0.6 is 11.8 Å². The van der Waals surface area contributed by atoms with E-state index >= 15 is 0 Å². The van der Waals surface area contributed by atoms with Gasteiger partial charge in [0, 0.05) is 23.0 Å². The van der Waals surface area contributed by atoms with Crippen LogP contribution in [0.3, 0.4) is 0 Å².